The molecule has 22 heavy (non-hydrogen) atoms. The summed E-state index contributed by atoms with van der Waals surface area (Å²) >= 11 is 7.42. The second-order valence-corrected chi connectivity index (χ2v) is 6.21. The number of aromatic nitrogens is 1. The highest BCUT2D eigenvalue weighted by Gasteiger charge is 2.33. The Bertz CT molecular complexity index is 768. The Morgan fingerprint density at radius 1 is 1.36 bits per heavy atom. The first-order chi connectivity index (χ1) is 10.6. The Balaban J connectivity index is 2.10. The highest BCUT2D eigenvalue weighted by molar-refractivity contribution is 7.13. The molecule has 3 rings (SSSR count). The lowest BCUT2D eigenvalue weighted by molar-refractivity contribution is -0.114. The number of carbonyl (C=O) groups is 1. The van der Waals surface area contributed by atoms with Gasteiger partial charge < -0.3 is 4.90 Å². The van der Waals surface area contributed by atoms with Gasteiger partial charge in [0.15, 0.2) is 0 Å². The number of hydrogen-bond acceptors (Lipinski definition) is 5. The summed E-state index contributed by atoms with van der Waals surface area (Å²) in [5, 5.41) is 8.74. The van der Waals surface area contributed by atoms with Crippen LogP contribution in [-0.2, 0) is 4.79 Å². The Morgan fingerprint density at radius 3 is 2.82 bits per heavy atom. The number of hydrogen-bond donors (Lipinski definition) is 0. The molecule has 1 aliphatic heterocycles. The molecule has 2 aromatic rings. The van der Waals surface area contributed by atoms with Gasteiger partial charge in [-0.25, -0.2) is 4.98 Å². The molecule has 2 heterocycles. The summed E-state index contributed by atoms with van der Waals surface area (Å²) in [5.74, 6) is -0.196. The monoisotopic (exact) mass is 332 g/mol. The summed E-state index contributed by atoms with van der Waals surface area (Å²) in [4.78, 5) is 18.6. The van der Waals surface area contributed by atoms with E-state index in [2.05, 4.69) is 10.1 Å². The van der Waals surface area contributed by atoms with Crippen molar-refractivity contribution in [2.24, 2.45) is 5.10 Å². The summed E-state index contributed by atoms with van der Waals surface area (Å²) in [7, 11) is 3.73. The van der Waals surface area contributed by atoms with E-state index in [0.717, 1.165) is 5.56 Å². The molecule has 0 aliphatic carbocycles. The average Bonchev–Trinajstić information content (AvgIpc) is 3.08. The number of thiazole rings is 1. The minimum atomic E-state index is -0.196. The standard InChI is InChI=1S/C15H13ClN4OS/c1-19(2)9-12-13(10-4-3-5-11(16)8-10)18-20(14(12)21)15-17-6-7-22-15/h3-9H,1-2H3. The first kappa shape index (κ1) is 14.7. The largest absolute Gasteiger partial charge is 0.383 e. The lowest BCUT2D eigenvalue weighted by Gasteiger charge is -2.09. The topological polar surface area (TPSA) is 48.8 Å². The Labute approximate surface area is 137 Å². The van der Waals surface area contributed by atoms with Crippen molar-refractivity contribution in [1.82, 2.24) is 9.88 Å². The van der Waals surface area contributed by atoms with Crippen LogP contribution < -0.4 is 5.01 Å². The van der Waals surface area contributed by atoms with E-state index in [9.17, 15) is 4.79 Å². The lowest BCUT2D eigenvalue weighted by Crippen LogP contribution is -2.22. The summed E-state index contributed by atoms with van der Waals surface area (Å²) in [5.41, 5.74) is 1.91. The molecule has 5 nitrogen and oxygen atoms in total. The third-order valence-corrected chi connectivity index (χ3v) is 3.95. The van der Waals surface area contributed by atoms with Crippen LogP contribution in [0.3, 0.4) is 0 Å². The molecular weight excluding hydrogens is 320 g/mol. The van der Waals surface area contributed by atoms with Crippen LogP contribution in [0.4, 0.5) is 5.13 Å². The van der Waals surface area contributed by atoms with Gasteiger partial charge in [0.1, 0.15) is 5.71 Å². The zero-order chi connectivity index (χ0) is 15.7. The molecule has 1 amide bonds. The van der Waals surface area contributed by atoms with Crippen molar-refractivity contribution in [3.8, 4) is 0 Å². The van der Waals surface area contributed by atoms with E-state index < -0.39 is 0 Å². The van der Waals surface area contributed by atoms with Gasteiger partial charge in [0.25, 0.3) is 5.91 Å². The summed E-state index contributed by atoms with van der Waals surface area (Å²) < 4.78 is 0. The fourth-order valence-electron chi connectivity index (χ4n) is 2.09. The quantitative estimate of drug-likeness (QED) is 0.812. The third kappa shape index (κ3) is 2.75. The van der Waals surface area contributed by atoms with Crippen LogP contribution in [0.25, 0.3) is 0 Å². The second-order valence-electron chi connectivity index (χ2n) is 4.90. The minimum Gasteiger partial charge on any atom is -0.383 e. The fraction of sp³-hybridized carbons (Fsp3) is 0.133. The predicted octanol–water partition coefficient (Wildman–Crippen LogP) is 2.99. The van der Waals surface area contributed by atoms with E-state index in [4.69, 9.17) is 11.6 Å². The molecule has 1 aliphatic rings. The SMILES string of the molecule is CN(C)C=C1C(=O)N(c2nccs2)N=C1c1cccc(Cl)c1. The van der Waals surface area contributed by atoms with Crippen LogP contribution >= 0.6 is 22.9 Å². The fourth-order valence-corrected chi connectivity index (χ4v) is 2.87. The maximum absolute atomic E-state index is 12.7. The minimum absolute atomic E-state index is 0.196. The van der Waals surface area contributed by atoms with E-state index >= 15 is 0 Å². The number of halogens is 1. The molecule has 0 saturated heterocycles. The Hall–Kier alpha value is -2.18. The molecule has 1 aromatic carbocycles. The highest BCUT2D eigenvalue weighted by atomic mass is 35.5. The van der Waals surface area contributed by atoms with Gasteiger partial charge >= 0.3 is 0 Å². The molecule has 0 N–H and O–H groups in total. The Morgan fingerprint density at radius 2 is 2.18 bits per heavy atom. The number of nitrogens with zero attached hydrogens (tertiary/aromatic N) is 4. The van der Waals surface area contributed by atoms with E-state index in [-0.39, 0.29) is 5.91 Å². The van der Waals surface area contributed by atoms with Crippen molar-refractivity contribution < 1.29 is 4.79 Å². The van der Waals surface area contributed by atoms with Crippen molar-refractivity contribution in [2.75, 3.05) is 19.1 Å². The van der Waals surface area contributed by atoms with Gasteiger partial charge in [-0.1, -0.05) is 23.7 Å². The average molecular weight is 333 g/mol. The van der Waals surface area contributed by atoms with E-state index in [1.807, 2.05) is 36.5 Å². The summed E-state index contributed by atoms with van der Waals surface area (Å²) in [6, 6.07) is 7.30. The van der Waals surface area contributed by atoms with Crippen LogP contribution in [0.15, 0.2) is 52.7 Å². The molecule has 0 atom stereocenters. The van der Waals surface area contributed by atoms with Gasteiger partial charge in [-0.15, -0.1) is 11.3 Å². The number of carbonyl (C=O) groups excluding carboxylic acids is 1. The van der Waals surface area contributed by atoms with E-state index in [0.29, 0.717) is 21.4 Å². The zero-order valence-electron chi connectivity index (χ0n) is 12.0. The molecule has 7 heteroatoms. The van der Waals surface area contributed by atoms with Gasteiger partial charge in [-0.3, -0.25) is 4.79 Å². The number of amides is 1. The maximum Gasteiger partial charge on any atom is 0.284 e. The maximum atomic E-state index is 12.7. The number of hydrazone groups is 1. The van der Waals surface area contributed by atoms with Gasteiger partial charge in [0.2, 0.25) is 5.13 Å². The molecular formula is C15H13ClN4OS. The molecule has 0 radical (unpaired) electrons. The number of rotatable bonds is 3. The molecule has 112 valence electrons. The predicted molar refractivity (Wildman–Crippen MR) is 89.4 cm³/mol. The first-order valence-electron chi connectivity index (χ1n) is 6.53. The summed E-state index contributed by atoms with van der Waals surface area (Å²) in [6.07, 6.45) is 3.41. The van der Waals surface area contributed by atoms with Crippen LogP contribution in [0.5, 0.6) is 0 Å². The van der Waals surface area contributed by atoms with Gasteiger partial charge in [0.05, 0.1) is 5.57 Å². The normalized spacial score (nSPS) is 16.3. The molecule has 1 aromatic heterocycles. The number of benzene rings is 1. The molecule has 0 bridgehead atoms. The van der Waals surface area contributed by atoms with Crippen LogP contribution in [0.1, 0.15) is 5.56 Å². The lowest BCUT2D eigenvalue weighted by atomic mass is 10.0. The van der Waals surface area contributed by atoms with Crippen molar-refractivity contribution >= 4 is 39.7 Å². The third-order valence-electron chi connectivity index (χ3n) is 2.96. The van der Waals surface area contributed by atoms with Crippen molar-refractivity contribution in [3.05, 3.63) is 58.2 Å². The molecule has 0 unspecified atom stereocenters. The highest BCUT2D eigenvalue weighted by Crippen LogP contribution is 2.28. The molecule has 0 fully saturated rings. The van der Waals surface area contributed by atoms with Crippen molar-refractivity contribution in [3.63, 3.8) is 0 Å². The zero-order valence-corrected chi connectivity index (χ0v) is 13.6. The van der Waals surface area contributed by atoms with Gasteiger partial charge in [-0.2, -0.15) is 10.1 Å². The smallest absolute Gasteiger partial charge is 0.284 e. The van der Waals surface area contributed by atoms with Crippen LogP contribution in [-0.4, -0.2) is 35.6 Å². The van der Waals surface area contributed by atoms with Crippen LogP contribution in [0, 0.1) is 0 Å². The van der Waals surface area contributed by atoms with Crippen LogP contribution in [0.2, 0.25) is 5.02 Å². The first-order valence-corrected chi connectivity index (χ1v) is 7.79. The number of anilines is 1. The van der Waals surface area contributed by atoms with Gasteiger partial charge in [0, 0.05) is 42.5 Å². The van der Waals surface area contributed by atoms with E-state index in [1.165, 1.54) is 16.3 Å². The van der Waals surface area contributed by atoms with E-state index in [1.54, 1.807) is 24.5 Å². The molecule has 0 saturated carbocycles. The Kier molecular flexibility index (Phi) is 3.96. The van der Waals surface area contributed by atoms with Crippen molar-refractivity contribution in [2.45, 2.75) is 0 Å². The van der Waals surface area contributed by atoms with Crippen molar-refractivity contribution in [1.29, 1.82) is 0 Å². The molecule has 0 spiro atoms. The summed E-state index contributed by atoms with van der Waals surface area (Å²) in [6.45, 7) is 0. The van der Waals surface area contributed by atoms with Gasteiger partial charge in [-0.05, 0) is 12.1 Å². The second kappa shape index (κ2) is 5.90.